The van der Waals surface area contributed by atoms with E-state index in [1.807, 2.05) is 17.0 Å². The summed E-state index contributed by atoms with van der Waals surface area (Å²) in [4.78, 5) is 1.93. The van der Waals surface area contributed by atoms with E-state index in [9.17, 15) is 22.9 Å². The lowest BCUT2D eigenvalue weighted by Crippen LogP contribution is -2.48. The second-order valence-electron chi connectivity index (χ2n) is 7.78. The highest BCUT2D eigenvalue weighted by molar-refractivity contribution is 7.88. The molecule has 3 N–H and O–H groups in total. The molecule has 0 unspecified atom stereocenters. The summed E-state index contributed by atoms with van der Waals surface area (Å²) in [7, 11) is -5.95. The Kier molecular flexibility index (Phi) is 6.82. The Bertz CT molecular complexity index is 1180. The first-order valence-electron chi connectivity index (χ1n) is 10.2. The number of morpholine rings is 1. The fourth-order valence-corrected chi connectivity index (χ4v) is 5.20. The summed E-state index contributed by atoms with van der Waals surface area (Å²) >= 11 is 0. The summed E-state index contributed by atoms with van der Waals surface area (Å²) in [5, 5.41) is 20.3. The van der Waals surface area contributed by atoms with Crippen molar-refractivity contribution in [2.24, 2.45) is 0 Å². The van der Waals surface area contributed by atoms with Crippen molar-refractivity contribution in [1.82, 2.24) is 4.72 Å². The van der Waals surface area contributed by atoms with Crippen molar-refractivity contribution in [2.75, 3.05) is 31.2 Å². The number of rotatable bonds is 8. The molecule has 0 aliphatic carbocycles. The number of hydrogen-bond donors (Lipinski definition) is 3. The summed E-state index contributed by atoms with van der Waals surface area (Å²) < 4.78 is 52.9. The van der Waals surface area contributed by atoms with Crippen LogP contribution < -0.4 is 9.62 Å². The Labute approximate surface area is 185 Å². The van der Waals surface area contributed by atoms with Gasteiger partial charge in [-0.2, -0.15) is 0 Å². The smallest absolute Gasteiger partial charge is 0.464 e. The molecule has 32 heavy (non-hydrogen) atoms. The van der Waals surface area contributed by atoms with Gasteiger partial charge in [0.25, 0.3) is 0 Å². The summed E-state index contributed by atoms with van der Waals surface area (Å²) in [5.74, 6) is -2.24. The van der Waals surface area contributed by atoms with Gasteiger partial charge in [-0.05, 0) is 41.8 Å². The number of furan rings is 1. The molecule has 3 aromatic rings. The van der Waals surface area contributed by atoms with Crippen molar-refractivity contribution < 1.29 is 32.0 Å². The first kappa shape index (κ1) is 22.7. The van der Waals surface area contributed by atoms with Crippen molar-refractivity contribution >= 4 is 33.8 Å². The normalized spacial score (nSPS) is 15.8. The predicted molar refractivity (Wildman–Crippen MR) is 119 cm³/mol. The summed E-state index contributed by atoms with van der Waals surface area (Å²) in [6.07, 6.45) is 1.48. The minimum Gasteiger partial charge on any atom is -0.464 e. The highest BCUT2D eigenvalue weighted by Gasteiger charge is 2.30. The highest BCUT2D eigenvalue weighted by atomic mass is 32.2. The number of nitrogens with one attached hydrogen (secondary N) is 1. The lowest BCUT2D eigenvalue weighted by Gasteiger charge is -2.29. The molecule has 0 bridgehead atoms. The number of benzene rings is 2. The van der Waals surface area contributed by atoms with Gasteiger partial charge in [0.05, 0.1) is 31.2 Å². The van der Waals surface area contributed by atoms with Crippen molar-refractivity contribution in [1.29, 1.82) is 0 Å². The Morgan fingerprint density at radius 3 is 2.66 bits per heavy atom. The van der Waals surface area contributed by atoms with Gasteiger partial charge >= 0.3 is 7.12 Å². The van der Waals surface area contributed by atoms with Crippen LogP contribution in [-0.2, 0) is 26.9 Å². The molecule has 170 valence electrons. The molecule has 1 aromatic heterocycles. The molecule has 1 saturated heterocycles. The molecular weight excluding hydrogens is 438 g/mol. The van der Waals surface area contributed by atoms with E-state index in [4.69, 9.17) is 9.15 Å². The molecule has 4 rings (SSSR count). The number of nitrogens with zero attached hydrogens (tertiary/aromatic N) is 1. The van der Waals surface area contributed by atoms with Crippen LogP contribution in [0.15, 0.2) is 53.1 Å². The second-order valence-corrected chi connectivity index (χ2v) is 9.53. The maximum Gasteiger partial charge on any atom is 0.471 e. The van der Waals surface area contributed by atoms with E-state index in [0.29, 0.717) is 43.1 Å². The lowest BCUT2D eigenvalue weighted by atomic mass is 9.77. The third-order valence-corrected chi connectivity index (χ3v) is 6.74. The number of sulfonamides is 1. The van der Waals surface area contributed by atoms with Crippen LogP contribution in [0.3, 0.4) is 0 Å². The average Bonchev–Trinajstić information content (AvgIpc) is 3.16. The Balaban J connectivity index is 1.50. The third kappa shape index (κ3) is 5.48. The molecule has 8 nitrogen and oxygen atoms in total. The van der Waals surface area contributed by atoms with Crippen molar-refractivity contribution in [3.63, 3.8) is 0 Å². The van der Waals surface area contributed by atoms with Gasteiger partial charge < -0.3 is 24.1 Å². The molecule has 1 aliphatic rings. The zero-order valence-corrected chi connectivity index (χ0v) is 18.1. The van der Waals surface area contributed by atoms with Gasteiger partial charge in [0, 0.05) is 24.2 Å². The lowest BCUT2D eigenvalue weighted by molar-refractivity contribution is 0.122. The molecule has 1 aliphatic heterocycles. The van der Waals surface area contributed by atoms with Crippen LogP contribution in [0.4, 0.5) is 10.1 Å². The molecule has 0 spiro atoms. The first-order valence-corrected chi connectivity index (χ1v) is 11.9. The Hall–Kier alpha value is -2.44. The van der Waals surface area contributed by atoms with E-state index in [2.05, 4.69) is 4.72 Å². The maximum absolute atomic E-state index is 14.2. The van der Waals surface area contributed by atoms with E-state index >= 15 is 0 Å². The minimum absolute atomic E-state index is 0.0100. The van der Waals surface area contributed by atoms with Gasteiger partial charge in [-0.25, -0.2) is 17.5 Å². The van der Waals surface area contributed by atoms with Gasteiger partial charge in [-0.1, -0.05) is 18.2 Å². The van der Waals surface area contributed by atoms with E-state index < -0.39 is 34.7 Å². The van der Waals surface area contributed by atoms with Gasteiger partial charge in [0.2, 0.25) is 10.0 Å². The van der Waals surface area contributed by atoms with E-state index in [0.717, 1.165) is 11.5 Å². The summed E-state index contributed by atoms with van der Waals surface area (Å²) in [6.45, 7) is 2.21. The van der Waals surface area contributed by atoms with Gasteiger partial charge in [-0.15, -0.1) is 0 Å². The Morgan fingerprint density at radius 1 is 1.16 bits per heavy atom. The number of anilines is 1. The van der Waals surface area contributed by atoms with Gasteiger partial charge in [0.1, 0.15) is 11.4 Å². The average molecular weight is 462 g/mol. The van der Waals surface area contributed by atoms with Gasteiger partial charge in [0.15, 0.2) is 0 Å². The SMILES string of the molecule is O=S(=O)(Cc1cc(F)cc(N2CCOCC2)c1)N[C@@H](Cc1coc2ccccc12)B(O)O. The van der Waals surface area contributed by atoms with Crippen molar-refractivity contribution in [3.8, 4) is 0 Å². The number of fused-ring (bicyclic) bond motifs is 1. The molecule has 1 fully saturated rings. The van der Waals surface area contributed by atoms with Gasteiger partial charge in [-0.3, -0.25) is 0 Å². The van der Waals surface area contributed by atoms with Crippen LogP contribution in [0.2, 0.25) is 0 Å². The fourth-order valence-electron chi connectivity index (χ4n) is 3.85. The molecular formula is C21H24BFN2O6S. The van der Waals surface area contributed by atoms with E-state index in [1.165, 1.54) is 12.3 Å². The van der Waals surface area contributed by atoms with Crippen LogP contribution >= 0.6 is 0 Å². The largest absolute Gasteiger partial charge is 0.471 e. The molecule has 11 heteroatoms. The van der Waals surface area contributed by atoms with Crippen LogP contribution in [0.1, 0.15) is 11.1 Å². The zero-order chi connectivity index (χ0) is 22.7. The Morgan fingerprint density at radius 2 is 1.91 bits per heavy atom. The summed E-state index contributed by atoms with van der Waals surface area (Å²) in [5.41, 5.74) is 2.11. The second kappa shape index (κ2) is 9.59. The first-order chi connectivity index (χ1) is 15.3. The topological polar surface area (TPSA) is 112 Å². The van der Waals surface area contributed by atoms with Crippen molar-refractivity contribution in [2.45, 2.75) is 18.1 Å². The standard InChI is InChI=1S/C21H24BFN2O6S/c23-17-9-15(10-18(12-17)25-5-7-30-8-6-25)14-32(28,29)24-21(22(26)27)11-16-13-31-20-4-2-1-3-19(16)20/h1-4,9-10,12-13,21,24,26-27H,5-8,11,14H2/t21-/m0/s1. The molecule has 0 radical (unpaired) electrons. The molecule has 0 amide bonds. The number of para-hydroxylation sites is 1. The van der Waals surface area contributed by atoms with Crippen LogP contribution in [0.25, 0.3) is 11.0 Å². The van der Waals surface area contributed by atoms with Crippen molar-refractivity contribution in [3.05, 3.63) is 65.7 Å². The maximum atomic E-state index is 14.2. The zero-order valence-electron chi connectivity index (χ0n) is 17.3. The molecule has 0 saturated carbocycles. The molecule has 2 aromatic carbocycles. The monoisotopic (exact) mass is 462 g/mol. The number of halogens is 1. The van der Waals surface area contributed by atoms with Crippen LogP contribution in [0.5, 0.6) is 0 Å². The van der Waals surface area contributed by atoms with Crippen LogP contribution in [0, 0.1) is 5.82 Å². The minimum atomic E-state index is -4.01. The predicted octanol–water partition coefficient (Wildman–Crippen LogP) is 1.45. The number of ether oxygens (including phenoxy) is 1. The third-order valence-electron chi connectivity index (χ3n) is 5.37. The molecule has 1 atom stereocenters. The number of hydrogen-bond acceptors (Lipinski definition) is 7. The summed E-state index contributed by atoms with van der Waals surface area (Å²) in [6, 6.07) is 11.3. The van der Waals surface area contributed by atoms with E-state index in [-0.39, 0.29) is 12.0 Å². The molecule has 2 heterocycles. The highest BCUT2D eigenvalue weighted by Crippen LogP contribution is 2.23. The van der Waals surface area contributed by atoms with E-state index in [1.54, 1.807) is 18.2 Å². The quantitative estimate of drug-likeness (QED) is 0.435. The van der Waals surface area contributed by atoms with Crippen LogP contribution in [-0.4, -0.2) is 57.8 Å². The fraction of sp³-hybridized carbons (Fsp3) is 0.333.